The zero-order valence-corrected chi connectivity index (χ0v) is 9.69. The molecule has 2 N–H and O–H groups in total. The Morgan fingerprint density at radius 3 is 3.00 bits per heavy atom. The third-order valence-corrected chi connectivity index (χ3v) is 2.23. The summed E-state index contributed by atoms with van der Waals surface area (Å²) in [6.07, 6.45) is 3.41. The van der Waals surface area contributed by atoms with Gasteiger partial charge in [-0.15, -0.1) is 0 Å². The van der Waals surface area contributed by atoms with Crippen molar-refractivity contribution in [2.75, 3.05) is 6.61 Å². The highest BCUT2D eigenvalue weighted by molar-refractivity contribution is 5.91. The third-order valence-electron chi connectivity index (χ3n) is 2.23. The van der Waals surface area contributed by atoms with Crippen LogP contribution in [0.1, 0.15) is 18.9 Å². The first-order valence-corrected chi connectivity index (χ1v) is 5.47. The summed E-state index contributed by atoms with van der Waals surface area (Å²) in [5.41, 5.74) is 0.634. The summed E-state index contributed by atoms with van der Waals surface area (Å²) >= 11 is 0. The van der Waals surface area contributed by atoms with Gasteiger partial charge >= 0.3 is 0 Å². The standard InChI is InChI=1S/C13H16FNO2/c1-10(7-8-16)15-13(17)6-5-11-3-2-4-12(14)9-11/h2-6,9-10,16H,7-8H2,1H3,(H,15,17)/b6-5+. The molecule has 0 aliphatic carbocycles. The molecule has 1 aromatic carbocycles. The van der Waals surface area contributed by atoms with E-state index in [2.05, 4.69) is 5.32 Å². The number of rotatable bonds is 5. The second-order valence-electron chi connectivity index (χ2n) is 3.81. The fourth-order valence-electron chi connectivity index (χ4n) is 1.34. The maximum Gasteiger partial charge on any atom is 0.244 e. The average molecular weight is 237 g/mol. The normalized spacial score (nSPS) is 12.6. The molecule has 4 heteroatoms. The maximum absolute atomic E-state index is 12.8. The van der Waals surface area contributed by atoms with Gasteiger partial charge in [-0.05, 0) is 37.1 Å². The average Bonchev–Trinajstić information content (AvgIpc) is 2.27. The van der Waals surface area contributed by atoms with E-state index in [1.54, 1.807) is 18.2 Å². The lowest BCUT2D eigenvalue weighted by molar-refractivity contribution is -0.117. The summed E-state index contributed by atoms with van der Waals surface area (Å²) in [4.78, 5) is 11.4. The van der Waals surface area contributed by atoms with Gasteiger partial charge in [0.05, 0.1) is 0 Å². The summed E-state index contributed by atoms with van der Waals surface area (Å²) in [6, 6.07) is 5.91. The highest BCUT2D eigenvalue weighted by atomic mass is 19.1. The minimum absolute atomic E-state index is 0.0368. The number of carbonyl (C=O) groups excluding carboxylic acids is 1. The van der Waals surface area contributed by atoms with E-state index < -0.39 is 0 Å². The predicted octanol–water partition coefficient (Wildman–Crippen LogP) is 1.73. The molecule has 92 valence electrons. The first kappa shape index (κ1) is 13.4. The van der Waals surface area contributed by atoms with E-state index in [1.807, 2.05) is 6.92 Å². The van der Waals surface area contributed by atoms with Crippen LogP contribution in [0.25, 0.3) is 6.08 Å². The van der Waals surface area contributed by atoms with Gasteiger partial charge in [0.1, 0.15) is 5.82 Å². The minimum Gasteiger partial charge on any atom is -0.396 e. The van der Waals surface area contributed by atoms with Crippen molar-refractivity contribution in [1.82, 2.24) is 5.32 Å². The molecule has 1 rings (SSSR count). The van der Waals surface area contributed by atoms with Crippen LogP contribution in [-0.2, 0) is 4.79 Å². The molecular weight excluding hydrogens is 221 g/mol. The number of aliphatic hydroxyl groups excluding tert-OH is 1. The molecule has 0 saturated heterocycles. The van der Waals surface area contributed by atoms with Gasteiger partial charge in [-0.3, -0.25) is 4.79 Å². The number of carbonyl (C=O) groups is 1. The van der Waals surface area contributed by atoms with Crippen LogP contribution in [0, 0.1) is 5.82 Å². The Kier molecular flexibility index (Phi) is 5.36. The quantitative estimate of drug-likeness (QED) is 0.766. The summed E-state index contributed by atoms with van der Waals surface area (Å²) in [5, 5.41) is 11.4. The van der Waals surface area contributed by atoms with Gasteiger partial charge in [0.25, 0.3) is 0 Å². The van der Waals surface area contributed by atoms with Crippen LogP contribution in [0.5, 0.6) is 0 Å². The topological polar surface area (TPSA) is 49.3 Å². The minimum atomic E-state index is -0.332. The predicted molar refractivity (Wildman–Crippen MR) is 64.7 cm³/mol. The number of hydrogen-bond acceptors (Lipinski definition) is 2. The second-order valence-corrected chi connectivity index (χ2v) is 3.81. The molecular formula is C13H16FNO2. The lowest BCUT2D eigenvalue weighted by Crippen LogP contribution is -2.31. The van der Waals surface area contributed by atoms with Crippen molar-refractivity contribution in [3.8, 4) is 0 Å². The van der Waals surface area contributed by atoms with Crippen LogP contribution in [0.4, 0.5) is 4.39 Å². The Balaban J connectivity index is 2.51. The Morgan fingerprint density at radius 2 is 2.35 bits per heavy atom. The first-order chi connectivity index (χ1) is 8.11. The number of amides is 1. The second kappa shape index (κ2) is 6.81. The maximum atomic E-state index is 12.8. The largest absolute Gasteiger partial charge is 0.396 e. The summed E-state index contributed by atoms with van der Waals surface area (Å²) in [5.74, 6) is -0.587. The SMILES string of the molecule is CC(CCO)NC(=O)/C=C/c1cccc(F)c1. The smallest absolute Gasteiger partial charge is 0.244 e. The summed E-state index contributed by atoms with van der Waals surface area (Å²) in [7, 11) is 0. The molecule has 0 bridgehead atoms. The van der Waals surface area contributed by atoms with Gasteiger partial charge < -0.3 is 10.4 Å². The van der Waals surface area contributed by atoms with Crippen LogP contribution < -0.4 is 5.32 Å². The van der Waals surface area contributed by atoms with E-state index in [4.69, 9.17) is 5.11 Å². The highest BCUT2D eigenvalue weighted by Gasteiger charge is 2.03. The molecule has 0 fully saturated rings. The van der Waals surface area contributed by atoms with Crippen LogP contribution >= 0.6 is 0 Å². The van der Waals surface area contributed by atoms with Crippen LogP contribution in [0.15, 0.2) is 30.3 Å². The fraction of sp³-hybridized carbons (Fsp3) is 0.308. The number of halogens is 1. The van der Waals surface area contributed by atoms with Crippen molar-refractivity contribution in [3.63, 3.8) is 0 Å². The Bertz CT molecular complexity index is 404. The first-order valence-electron chi connectivity index (χ1n) is 5.47. The third kappa shape index (κ3) is 5.26. The molecule has 0 aliphatic heterocycles. The van der Waals surface area contributed by atoms with Crippen LogP contribution in [0.3, 0.4) is 0 Å². The summed E-state index contributed by atoms with van der Waals surface area (Å²) < 4.78 is 12.8. The molecule has 0 heterocycles. The highest BCUT2D eigenvalue weighted by Crippen LogP contribution is 2.05. The molecule has 0 aliphatic rings. The lowest BCUT2D eigenvalue weighted by atomic mass is 10.2. The van der Waals surface area contributed by atoms with E-state index >= 15 is 0 Å². The van der Waals surface area contributed by atoms with Gasteiger partial charge in [0.15, 0.2) is 0 Å². The van der Waals surface area contributed by atoms with E-state index in [0.717, 1.165) is 0 Å². The molecule has 0 radical (unpaired) electrons. The zero-order valence-electron chi connectivity index (χ0n) is 9.69. The van der Waals surface area contributed by atoms with Crippen molar-refractivity contribution in [1.29, 1.82) is 0 Å². The number of benzene rings is 1. The zero-order chi connectivity index (χ0) is 12.7. The monoisotopic (exact) mass is 237 g/mol. The van der Waals surface area contributed by atoms with Crippen molar-refractivity contribution in [2.24, 2.45) is 0 Å². The number of nitrogens with one attached hydrogen (secondary N) is 1. The van der Waals surface area contributed by atoms with Gasteiger partial charge in [-0.2, -0.15) is 0 Å². The van der Waals surface area contributed by atoms with E-state index in [1.165, 1.54) is 18.2 Å². The van der Waals surface area contributed by atoms with E-state index in [9.17, 15) is 9.18 Å². The summed E-state index contributed by atoms with van der Waals surface area (Å²) in [6.45, 7) is 1.85. The molecule has 0 aromatic heterocycles. The van der Waals surface area contributed by atoms with Crippen molar-refractivity contribution in [3.05, 3.63) is 41.7 Å². The van der Waals surface area contributed by atoms with Crippen molar-refractivity contribution >= 4 is 12.0 Å². The molecule has 17 heavy (non-hydrogen) atoms. The molecule has 0 spiro atoms. The van der Waals surface area contributed by atoms with Crippen LogP contribution in [0.2, 0.25) is 0 Å². The lowest BCUT2D eigenvalue weighted by Gasteiger charge is -2.09. The van der Waals surface area contributed by atoms with Crippen molar-refractivity contribution in [2.45, 2.75) is 19.4 Å². The Morgan fingerprint density at radius 1 is 1.59 bits per heavy atom. The number of aliphatic hydroxyl groups is 1. The molecule has 1 aromatic rings. The van der Waals surface area contributed by atoms with E-state index in [0.29, 0.717) is 12.0 Å². The molecule has 1 atom stereocenters. The number of hydrogen-bond donors (Lipinski definition) is 2. The fourth-order valence-corrected chi connectivity index (χ4v) is 1.34. The van der Waals surface area contributed by atoms with Gasteiger partial charge in [0, 0.05) is 18.7 Å². The van der Waals surface area contributed by atoms with Gasteiger partial charge in [-0.25, -0.2) is 4.39 Å². The molecule has 3 nitrogen and oxygen atoms in total. The van der Waals surface area contributed by atoms with Gasteiger partial charge in [0.2, 0.25) is 5.91 Å². The van der Waals surface area contributed by atoms with Crippen LogP contribution in [-0.4, -0.2) is 23.7 Å². The van der Waals surface area contributed by atoms with Gasteiger partial charge in [-0.1, -0.05) is 12.1 Å². The Hall–Kier alpha value is -1.68. The molecule has 1 amide bonds. The van der Waals surface area contributed by atoms with Crippen molar-refractivity contribution < 1.29 is 14.3 Å². The molecule has 0 saturated carbocycles. The molecule has 1 unspecified atom stereocenters. The van der Waals surface area contributed by atoms with E-state index in [-0.39, 0.29) is 24.4 Å². The Labute approximate surface area is 100.0 Å².